The topological polar surface area (TPSA) is 9.23 Å². The van der Waals surface area contributed by atoms with Gasteiger partial charge in [0.05, 0.1) is 5.02 Å². The Labute approximate surface area is 89.7 Å². The fourth-order valence-corrected chi connectivity index (χ4v) is 1.27. The molecule has 0 fully saturated rings. The molecule has 1 nitrogen and oxygen atoms in total. The molecule has 0 bridgehead atoms. The van der Waals surface area contributed by atoms with E-state index in [9.17, 15) is 0 Å². The van der Waals surface area contributed by atoms with E-state index in [1.165, 1.54) is 0 Å². The van der Waals surface area contributed by atoms with Gasteiger partial charge in [-0.3, -0.25) is 0 Å². The van der Waals surface area contributed by atoms with Gasteiger partial charge in [-0.25, -0.2) is 0 Å². The van der Waals surface area contributed by atoms with E-state index >= 15 is 0 Å². The molecule has 0 atom stereocenters. The van der Waals surface area contributed by atoms with Crippen LogP contribution < -0.4 is 4.74 Å². The molecule has 0 saturated carbocycles. The van der Waals surface area contributed by atoms with Crippen LogP contribution >= 0.6 is 11.6 Å². The van der Waals surface area contributed by atoms with Crippen molar-refractivity contribution in [3.63, 3.8) is 0 Å². The molecular formula is C12H13ClO. The highest BCUT2D eigenvalue weighted by Gasteiger charge is 2.02. The van der Waals surface area contributed by atoms with E-state index in [4.69, 9.17) is 16.3 Å². The summed E-state index contributed by atoms with van der Waals surface area (Å²) >= 11 is 6.01. The second-order valence-corrected chi connectivity index (χ2v) is 3.43. The van der Waals surface area contributed by atoms with Crippen molar-refractivity contribution in [1.29, 1.82) is 0 Å². The molecule has 14 heavy (non-hydrogen) atoms. The molecule has 0 N–H and O–H groups in total. The number of hydrogen-bond acceptors (Lipinski definition) is 1. The van der Waals surface area contributed by atoms with Crippen LogP contribution in [0.4, 0.5) is 0 Å². The highest BCUT2D eigenvalue weighted by Crippen LogP contribution is 2.27. The first kappa shape index (κ1) is 10.9. The molecular weight excluding hydrogens is 196 g/mol. The van der Waals surface area contributed by atoms with Crippen molar-refractivity contribution in [2.45, 2.75) is 6.92 Å². The van der Waals surface area contributed by atoms with Crippen LogP contribution in [0.3, 0.4) is 0 Å². The molecule has 1 rings (SSSR count). The lowest BCUT2D eigenvalue weighted by molar-refractivity contribution is 0.363. The summed E-state index contributed by atoms with van der Waals surface area (Å²) in [6, 6.07) is 5.63. The molecule has 1 aromatic rings. The van der Waals surface area contributed by atoms with Gasteiger partial charge in [0.2, 0.25) is 0 Å². The smallest absolute Gasteiger partial charge is 0.138 e. The summed E-state index contributed by atoms with van der Waals surface area (Å²) in [6.07, 6.45) is 1.68. The van der Waals surface area contributed by atoms with Crippen LogP contribution in [0, 0.1) is 0 Å². The number of allylic oxidation sites excluding steroid dienone is 1. The summed E-state index contributed by atoms with van der Waals surface area (Å²) in [4.78, 5) is 0. The third-order valence-corrected chi connectivity index (χ3v) is 2.08. The minimum atomic E-state index is 0.464. The van der Waals surface area contributed by atoms with Gasteiger partial charge in [-0.1, -0.05) is 42.5 Å². The zero-order valence-corrected chi connectivity index (χ0v) is 8.97. The van der Waals surface area contributed by atoms with Crippen LogP contribution in [0.2, 0.25) is 5.02 Å². The Kier molecular flexibility index (Phi) is 3.78. The van der Waals surface area contributed by atoms with Crippen molar-refractivity contribution in [3.05, 3.63) is 48.0 Å². The second-order valence-electron chi connectivity index (χ2n) is 3.03. The van der Waals surface area contributed by atoms with E-state index < -0.39 is 0 Å². The van der Waals surface area contributed by atoms with E-state index in [-0.39, 0.29) is 0 Å². The third kappa shape index (κ3) is 2.64. The minimum absolute atomic E-state index is 0.464. The largest absolute Gasteiger partial charge is 0.488 e. The number of hydrogen-bond donors (Lipinski definition) is 0. The third-order valence-electron chi connectivity index (χ3n) is 1.78. The summed E-state index contributed by atoms with van der Waals surface area (Å²) in [5, 5.41) is 0.604. The van der Waals surface area contributed by atoms with Gasteiger partial charge in [0.15, 0.2) is 0 Å². The van der Waals surface area contributed by atoms with Gasteiger partial charge in [-0.05, 0) is 24.6 Å². The first-order valence-electron chi connectivity index (χ1n) is 4.34. The lowest BCUT2D eigenvalue weighted by Crippen LogP contribution is -1.93. The summed E-state index contributed by atoms with van der Waals surface area (Å²) in [5.41, 5.74) is 2.02. The molecule has 0 aliphatic rings. The minimum Gasteiger partial charge on any atom is -0.488 e. The Bertz CT molecular complexity index is 355. The predicted molar refractivity (Wildman–Crippen MR) is 61.9 cm³/mol. The van der Waals surface area contributed by atoms with Crippen LogP contribution in [0.1, 0.15) is 12.5 Å². The van der Waals surface area contributed by atoms with Crippen molar-refractivity contribution in [2.75, 3.05) is 6.61 Å². The Morgan fingerprint density at radius 3 is 2.79 bits per heavy atom. The molecule has 1 aromatic carbocycles. The van der Waals surface area contributed by atoms with E-state index in [0.29, 0.717) is 17.4 Å². The first-order chi connectivity index (χ1) is 6.65. The van der Waals surface area contributed by atoms with Gasteiger partial charge >= 0.3 is 0 Å². The van der Waals surface area contributed by atoms with E-state index in [1.54, 1.807) is 6.08 Å². The fraction of sp³-hybridized carbons (Fsp3) is 0.167. The van der Waals surface area contributed by atoms with Crippen molar-refractivity contribution in [3.8, 4) is 5.75 Å². The Balaban J connectivity index is 2.89. The summed E-state index contributed by atoms with van der Waals surface area (Å²) in [5.74, 6) is 0.677. The van der Waals surface area contributed by atoms with Crippen LogP contribution in [-0.2, 0) is 0 Å². The second kappa shape index (κ2) is 4.87. The SMILES string of the molecule is C=CCOc1ccc(C(=C)C)cc1Cl. The Hall–Kier alpha value is -1.21. The monoisotopic (exact) mass is 208 g/mol. The summed E-state index contributed by atoms with van der Waals surface area (Å²) in [6.45, 7) is 9.82. The fourth-order valence-electron chi connectivity index (χ4n) is 1.03. The lowest BCUT2D eigenvalue weighted by atomic mass is 10.1. The van der Waals surface area contributed by atoms with Gasteiger partial charge in [-0.2, -0.15) is 0 Å². The number of benzene rings is 1. The number of ether oxygens (including phenoxy) is 1. The molecule has 0 saturated heterocycles. The first-order valence-corrected chi connectivity index (χ1v) is 4.72. The molecule has 0 radical (unpaired) electrons. The maximum atomic E-state index is 6.01. The Morgan fingerprint density at radius 1 is 1.57 bits per heavy atom. The molecule has 0 amide bonds. The van der Waals surface area contributed by atoms with Crippen LogP contribution in [0.25, 0.3) is 5.57 Å². The highest BCUT2D eigenvalue weighted by atomic mass is 35.5. The Morgan fingerprint density at radius 2 is 2.29 bits per heavy atom. The highest BCUT2D eigenvalue weighted by molar-refractivity contribution is 6.32. The molecule has 0 aliphatic heterocycles. The zero-order valence-electron chi connectivity index (χ0n) is 8.22. The van der Waals surface area contributed by atoms with Crippen molar-refractivity contribution < 1.29 is 4.74 Å². The van der Waals surface area contributed by atoms with Gasteiger partial charge < -0.3 is 4.74 Å². The number of rotatable bonds is 4. The average Bonchev–Trinajstić information content (AvgIpc) is 2.15. The maximum absolute atomic E-state index is 6.01. The van der Waals surface area contributed by atoms with E-state index in [0.717, 1.165) is 11.1 Å². The van der Waals surface area contributed by atoms with E-state index in [2.05, 4.69) is 13.2 Å². The maximum Gasteiger partial charge on any atom is 0.138 e. The summed E-state index contributed by atoms with van der Waals surface area (Å²) in [7, 11) is 0. The van der Waals surface area contributed by atoms with Crippen molar-refractivity contribution in [1.82, 2.24) is 0 Å². The van der Waals surface area contributed by atoms with Gasteiger partial charge in [0.25, 0.3) is 0 Å². The van der Waals surface area contributed by atoms with Gasteiger partial charge in [0, 0.05) is 0 Å². The van der Waals surface area contributed by atoms with Crippen LogP contribution in [0.15, 0.2) is 37.4 Å². The standard InChI is InChI=1S/C12H13ClO/c1-4-7-14-12-6-5-10(9(2)3)8-11(12)13/h4-6,8H,1-2,7H2,3H3. The molecule has 74 valence electrons. The van der Waals surface area contributed by atoms with Crippen molar-refractivity contribution in [2.24, 2.45) is 0 Å². The van der Waals surface area contributed by atoms with Crippen LogP contribution in [-0.4, -0.2) is 6.61 Å². The predicted octanol–water partition coefficient (Wildman–Crippen LogP) is 3.94. The molecule has 0 aliphatic carbocycles. The lowest BCUT2D eigenvalue weighted by Gasteiger charge is -2.07. The summed E-state index contributed by atoms with van der Waals surface area (Å²) < 4.78 is 5.34. The van der Waals surface area contributed by atoms with Gasteiger partial charge in [-0.15, -0.1) is 0 Å². The quantitative estimate of drug-likeness (QED) is 0.682. The molecule has 0 unspecified atom stereocenters. The average molecular weight is 209 g/mol. The van der Waals surface area contributed by atoms with E-state index in [1.807, 2.05) is 25.1 Å². The number of halogens is 1. The molecule has 0 spiro atoms. The zero-order chi connectivity index (χ0) is 10.6. The van der Waals surface area contributed by atoms with Crippen molar-refractivity contribution >= 4 is 17.2 Å². The van der Waals surface area contributed by atoms with Crippen LogP contribution in [0.5, 0.6) is 5.75 Å². The normalized spacial score (nSPS) is 9.57. The molecule has 0 aromatic heterocycles. The molecule has 0 heterocycles. The molecule has 2 heteroatoms. The van der Waals surface area contributed by atoms with Gasteiger partial charge in [0.1, 0.15) is 12.4 Å².